The molecule has 0 radical (unpaired) electrons. The molecule has 3 nitrogen and oxygen atoms in total. The standard InChI is InChI=1S/C19H23NO2S/c1-14-11-13-23-18(14)19(21)20-12-5-3-4-6-17(20)15-7-9-16(22-2)10-8-15/h7-11,13,17H,3-6,12H2,1-2H3. The minimum Gasteiger partial charge on any atom is -0.497 e. The summed E-state index contributed by atoms with van der Waals surface area (Å²) < 4.78 is 5.25. The third kappa shape index (κ3) is 3.42. The Hall–Kier alpha value is -1.81. The molecule has 0 N–H and O–H groups in total. The second-order valence-electron chi connectivity index (χ2n) is 6.07. The van der Waals surface area contributed by atoms with E-state index in [0.29, 0.717) is 0 Å². The Morgan fingerprint density at radius 2 is 1.96 bits per heavy atom. The number of benzene rings is 1. The fourth-order valence-electron chi connectivity index (χ4n) is 3.25. The minimum absolute atomic E-state index is 0.164. The van der Waals surface area contributed by atoms with Gasteiger partial charge in [-0.05, 0) is 54.5 Å². The molecule has 0 saturated carbocycles. The number of carbonyl (C=O) groups is 1. The molecule has 122 valence electrons. The van der Waals surface area contributed by atoms with E-state index in [4.69, 9.17) is 4.74 Å². The molecule has 2 aromatic rings. The van der Waals surface area contributed by atoms with E-state index in [1.54, 1.807) is 18.4 Å². The van der Waals surface area contributed by atoms with Crippen molar-refractivity contribution in [2.24, 2.45) is 0 Å². The summed E-state index contributed by atoms with van der Waals surface area (Å²) in [5.41, 5.74) is 2.29. The van der Waals surface area contributed by atoms with E-state index < -0.39 is 0 Å². The van der Waals surface area contributed by atoms with E-state index >= 15 is 0 Å². The topological polar surface area (TPSA) is 29.5 Å². The first-order valence-corrected chi connectivity index (χ1v) is 9.07. The number of methoxy groups -OCH3 is 1. The second kappa shape index (κ2) is 7.18. The van der Waals surface area contributed by atoms with Gasteiger partial charge >= 0.3 is 0 Å². The number of ether oxygens (including phenoxy) is 1. The van der Waals surface area contributed by atoms with Crippen molar-refractivity contribution in [3.8, 4) is 5.75 Å². The summed E-state index contributed by atoms with van der Waals surface area (Å²) in [6.07, 6.45) is 4.48. The summed E-state index contributed by atoms with van der Waals surface area (Å²) in [7, 11) is 1.68. The van der Waals surface area contributed by atoms with Crippen LogP contribution >= 0.6 is 11.3 Å². The summed E-state index contributed by atoms with van der Waals surface area (Å²) >= 11 is 1.55. The van der Waals surface area contributed by atoms with Crippen molar-refractivity contribution < 1.29 is 9.53 Å². The van der Waals surface area contributed by atoms with Crippen LogP contribution < -0.4 is 4.74 Å². The number of carbonyl (C=O) groups excluding carboxylic acids is 1. The minimum atomic E-state index is 0.164. The van der Waals surface area contributed by atoms with Crippen molar-refractivity contribution in [1.29, 1.82) is 0 Å². The molecule has 1 unspecified atom stereocenters. The van der Waals surface area contributed by atoms with Gasteiger partial charge in [-0.25, -0.2) is 0 Å². The van der Waals surface area contributed by atoms with Gasteiger partial charge in [-0.2, -0.15) is 0 Å². The van der Waals surface area contributed by atoms with Gasteiger partial charge in [0.25, 0.3) is 5.91 Å². The molecule has 1 saturated heterocycles. The number of thiophene rings is 1. The number of likely N-dealkylation sites (tertiary alicyclic amines) is 1. The predicted octanol–water partition coefficient (Wildman–Crippen LogP) is 4.82. The Morgan fingerprint density at radius 1 is 1.17 bits per heavy atom. The first-order valence-electron chi connectivity index (χ1n) is 8.19. The molecule has 0 aliphatic carbocycles. The van der Waals surface area contributed by atoms with Gasteiger partial charge in [0.2, 0.25) is 0 Å². The number of hydrogen-bond acceptors (Lipinski definition) is 3. The number of amides is 1. The molecule has 1 aromatic carbocycles. The van der Waals surface area contributed by atoms with Crippen molar-refractivity contribution in [3.63, 3.8) is 0 Å². The van der Waals surface area contributed by atoms with Gasteiger partial charge in [0.15, 0.2) is 0 Å². The summed E-state index contributed by atoms with van der Waals surface area (Å²) in [5.74, 6) is 1.04. The monoisotopic (exact) mass is 329 g/mol. The second-order valence-corrected chi connectivity index (χ2v) is 6.99. The maximum atomic E-state index is 13.1. The SMILES string of the molecule is COc1ccc(C2CCCCCN2C(=O)c2sccc2C)cc1. The van der Waals surface area contributed by atoms with E-state index in [-0.39, 0.29) is 11.9 Å². The number of hydrogen-bond donors (Lipinski definition) is 0. The van der Waals surface area contributed by atoms with E-state index in [1.807, 2.05) is 30.5 Å². The van der Waals surface area contributed by atoms with Crippen molar-refractivity contribution in [2.75, 3.05) is 13.7 Å². The first-order chi connectivity index (χ1) is 11.2. The average Bonchev–Trinajstić information content (AvgIpc) is 2.86. The highest BCUT2D eigenvalue weighted by molar-refractivity contribution is 7.12. The normalized spacial score (nSPS) is 18.5. The third-order valence-electron chi connectivity index (χ3n) is 4.57. The van der Waals surface area contributed by atoms with Gasteiger partial charge in [-0.1, -0.05) is 25.0 Å². The number of rotatable bonds is 3. The quantitative estimate of drug-likeness (QED) is 0.808. The third-order valence-corrected chi connectivity index (χ3v) is 5.58. The largest absolute Gasteiger partial charge is 0.497 e. The molecule has 1 fully saturated rings. The zero-order chi connectivity index (χ0) is 16.2. The highest BCUT2D eigenvalue weighted by Crippen LogP contribution is 2.33. The first kappa shape index (κ1) is 16.1. The van der Waals surface area contributed by atoms with Crippen LogP contribution in [0.4, 0.5) is 0 Å². The van der Waals surface area contributed by atoms with Gasteiger partial charge < -0.3 is 9.64 Å². The summed E-state index contributed by atoms with van der Waals surface area (Å²) in [6, 6.07) is 10.3. The predicted molar refractivity (Wildman–Crippen MR) is 94.3 cm³/mol. The molecule has 0 spiro atoms. The van der Waals surface area contributed by atoms with Crippen molar-refractivity contribution in [1.82, 2.24) is 4.90 Å². The Balaban J connectivity index is 1.90. The average molecular weight is 329 g/mol. The molecule has 3 rings (SSSR count). The molecule has 2 heterocycles. The van der Waals surface area contributed by atoms with Crippen LogP contribution in [-0.2, 0) is 0 Å². The zero-order valence-corrected chi connectivity index (χ0v) is 14.6. The lowest BCUT2D eigenvalue weighted by Crippen LogP contribution is -2.34. The van der Waals surface area contributed by atoms with E-state index in [1.165, 1.54) is 18.4 Å². The van der Waals surface area contributed by atoms with Crippen LogP contribution in [0, 0.1) is 6.92 Å². The molecule has 1 aromatic heterocycles. The van der Waals surface area contributed by atoms with Crippen molar-refractivity contribution in [3.05, 3.63) is 51.7 Å². The summed E-state index contributed by atoms with van der Waals surface area (Å²) in [5, 5.41) is 2.00. The highest BCUT2D eigenvalue weighted by atomic mass is 32.1. The van der Waals surface area contributed by atoms with Crippen LogP contribution in [0.2, 0.25) is 0 Å². The van der Waals surface area contributed by atoms with Gasteiger partial charge in [-0.15, -0.1) is 11.3 Å². The molecule has 0 bridgehead atoms. The van der Waals surface area contributed by atoms with Crippen molar-refractivity contribution in [2.45, 2.75) is 38.6 Å². The van der Waals surface area contributed by atoms with E-state index in [9.17, 15) is 4.79 Å². The number of aryl methyl sites for hydroxylation is 1. The molecular weight excluding hydrogens is 306 g/mol. The van der Waals surface area contributed by atoms with Crippen LogP contribution in [0.1, 0.15) is 52.5 Å². The molecular formula is C19H23NO2S. The smallest absolute Gasteiger partial charge is 0.264 e. The molecule has 1 amide bonds. The zero-order valence-electron chi connectivity index (χ0n) is 13.7. The Labute approximate surface area is 141 Å². The molecule has 4 heteroatoms. The summed E-state index contributed by atoms with van der Waals surface area (Å²) in [4.78, 5) is 16.0. The fraction of sp³-hybridized carbons (Fsp3) is 0.421. The number of nitrogens with zero attached hydrogens (tertiary/aromatic N) is 1. The van der Waals surface area contributed by atoms with Crippen LogP contribution in [-0.4, -0.2) is 24.5 Å². The fourth-order valence-corrected chi connectivity index (χ4v) is 4.13. The lowest BCUT2D eigenvalue weighted by Gasteiger charge is -2.30. The van der Waals surface area contributed by atoms with Gasteiger partial charge in [0.05, 0.1) is 18.0 Å². The van der Waals surface area contributed by atoms with Crippen LogP contribution in [0.3, 0.4) is 0 Å². The summed E-state index contributed by atoms with van der Waals surface area (Å²) in [6.45, 7) is 2.86. The van der Waals surface area contributed by atoms with Gasteiger partial charge in [0.1, 0.15) is 5.75 Å². The maximum absolute atomic E-state index is 13.1. The highest BCUT2D eigenvalue weighted by Gasteiger charge is 2.28. The van der Waals surface area contributed by atoms with Crippen LogP contribution in [0.25, 0.3) is 0 Å². The van der Waals surface area contributed by atoms with Gasteiger partial charge in [-0.3, -0.25) is 4.79 Å². The van der Waals surface area contributed by atoms with Crippen molar-refractivity contribution >= 4 is 17.2 Å². The Bertz CT molecular complexity index is 662. The van der Waals surface area contributed by atoms with E-state index in [0.717, 1.165) is 35.6 Å². The lowest BCUT2D eigenvalue weighted by atomic mass is 10.0. The molecule has 1 aliphatic heterocycles. The Kier molecular flexibility index (Phi) is 5.01. The molecule has 23 heavy (non-hydrogen) atoms. The van der Waals surface area contributed by atoms with Crippen LogP contribution in [0.5, 0.6) is 5.75 Å². The van der Waals surface area contributed by atoms with Gasteiger partial charge in [0, 0.05) is 6.54 Å². The lowest BCUT2D eigenvalue weighted by molar-refractivity contribution is 0.0685. The molecule has 1 aliphatic rings. The molecule has 1 atom stereocenters. The maximum Gasteiger partial charge on any atom is 0.264 e. The van der Waals surface area contributed by atoms with E-state index in [2.05, 4.69) is 17.0 Å². The Morgan fingerprint density at radius 3 is 2.61 bits per heavy atom. The van der Waals surface area contributed by atoms with Crippen LogP contribution in [0.15, 0.2) is 35.7 Å².